The number of likely N-dealkylation sites (tertiary alicyclic amines) is 1. The Hall–Kier alpha value is -2.93. The number of amides is 1. The third-order valence-corrected chi connectivity index (χ3v) is 6.75. The summed E-state index contributed by atoms with van der Waals surface area (Å²) in [7, 11) is 5.45. The molecule has 2 atom stereocenters. The molecule has 2 aromatic carbocycles. The Morgan fingerprint density at radius 3 is 2.58 bits per heavy atom. The average Bonchev–Trinajstić information content (AvgIpc) is 3.14. The van der Waals surface area contributed by atoms with Crippen molar-refractivity contribution < 1.29 is 18.7 Å². The summed E-state index contributed by atoms with van der Waals surface area (Å²) < 4.78 is 24.0. The molecule has 0 unspecified atom stereocenters. The highest BCUT2D eigenvalue weighted by molar-refractivity contribution is 5.95. The van der Waals surface area contributed by atoms with E-state index >= 15 is 0 Å². The molecule has 1 amide bonds. The second-order valence-corrected chi connectivity index (χ2v) is 8.30. The lowest BCUT2D eigenvalue weighted by Crippen LogP contribution is -2.46. The van der Waals surface area contributed by atoms with Crippen molar-refractivity contribution in [3.8, 4) is 11.5 Å². The van der Waals surface area contributed by atoms with Gasteiger partial charge in [-0.2, -0.15) is 5.10 Å². The number of likely N-dealkylation sites (N-methyl/N-ethyl adjacent to an activating group) is 1. The molecule has 1 N–H and O–H groups in total. The summed E-state index contributed by atoms with van der Waals surface area (Å²) in [6.07, 6.45) is 3.61. The quantitative estimate of drug-likeness (QED) is 0.741. The fraction of sp³-hybridized carbons (Fsp3) is 0.417. The zero-order chi connectivity index (χ0) is 22.0. The number of hydrazone groups is 1. The first kappa shape index (κ1) is 21.3. The first-order valence-corrected chi connectivity index (χ1v) is 10.5. The molecule has 6 nitrogen and oxygen atoms in total. The molecule has 0 bridgehead atoms. The van der Waals surface area contributed by atoms with Gasteiger partial charge < -0.3 is 14.4 Å². The van der Waals surface area contributed by atoms with Gasteiger partial charge in [0.15, 0.2) is 11.5 Å². The van der Waals surface area contributed by atoms with E-state index in [0.29, 0.717) is 11.6 Å². The summed E-state index contributed by atoms with van der Waals surface area (Å²) in [6, 6.07) is 12.0. The third-order valence-electron chi connectivity index (χ3n) is 6.75. The van der Waals surface area contributed by atoms with Gasteiger partial charge in [-0.05, 0) is 74.8 Å². The smallest absolute Gasteiger partial charge is 0.271 e. The fourth-order valence-electron chi connectivity index (χ4n) is 4.98. The molecule has 2 fully saturated rings. The second kappa shape index (κ2) is 8.67. The maximum absolute atomic E-state index is 13.1. The minimum Gasteiger partial charge on any atom is -0.493 e. The van der Waals surface area contributed by atoms with Crippen molar-refractivity contribution >= 4 is 11.6 Å². The molecule has 31 heavy (non-hydrogen) atoms. The van der Waals surface area contributed by atoms with Crippen LogP contribution in [0.25, 0.3) is 0 Å². The van der Waals surface area contributed by atoms with Crippen LogP contribution in [0, 0.1) is 5.82 Å². The molecule has 4 rings (SSSR count). The number of hydrogen-bond acceptors (Lipinski definition) is 5. The Morgan fingerprint density at radius 2 is 1.87 bits per heavy atom. The third kappa shape index (κ3) is 4.02. The first-order chi connectivity index (χ1) is 15.0. The van der Waals surface area contributed by atoms with Crippen molar-refractivity contribution in [3.63, 3.8) is 0 Å². The van der Waals surface area contributed by atoms with Gasteiger partial charge in [-0.1, -0.05) is 6.07 Å². The zero-order valence-corrected chi connectivity index (χ0v) is 18.2. The number of hydrogen-bond donors (Lipinski definition) is 1. The van der Waals surface area contributed by atoms with Crippen LogP contribution in [-0.2, 0) is 5.41 Å². The molecular weight excluding hydrogens is 397 g/mol. The molecule has 1 aliphatic carbocycles. The van der Waals surface area contributed by atoms with E-state index in [2.05, 4.69) is 34.6 Å². The van der Waals surface area contributed by atoms with Gasteiger partial charge in [0.2, 0.25) is 0 Å². The summed E-state index contributed by atoms with van der Waals surface area (Å²) in [5.41, 5.74) is 5.29. The number of nitrogens with one attached hydrogen (secondary N) is 1. The van der Waals surface area contributed by atoms with E-state index in [1.165, 1.54) is 29.8 Å². The first-order valence-electron chi connectivity index (χ1n) is 10.5. The van der Waals surface area contributed by atoms with Crippen molar-refractivity contribution in [1.29, 1.82) is 0 Å². The van der Waals surface area contributed by atoms with Gasteiger partial charge in [-0.3, -0.25) is 4.79 Å². The van der Waals surface area contributed by atoms with Crippen molar-refractivity contribution in [2.75, 3.05) is 27.8 Å². The van der Waals surface area contributed by atoms with Crippen LogP contribution in [0.1, 0.15) is 41.6 Å². The lowest BCUT2D eigenvalue weighted by Gasteiger charge is -2.42. The number of methoxy groups -OCH3 is 2. The van der Waals surface area contributed by atoms with E-state index in [9.17, 15) is 9.18 Å². The largest absolute Gasteiger partial charge is 0.493 e. The minimum atomic E-state index is -0.370. The van der Waals surface area contributed by atoms with Crippen LogP contribution in [0.15, 0.2) is 47.6 Å². The van der Waals surface area contributed by atoms with Crippen LogP contribution in [-0.4, -0.2) is 50.4 Å². The molecular formula is C24H28FN3O3. The van der Waals surface area contributed by atoms with Crippen molar-refractivity contribution in [2.45, 2.75) is 37.1 Å². The van der Waals surface area contributed by atoms with Gasteiger partial charge in [0.1, 0.15) is 5.82 Å². The predicted molar refractivity (Wildman–Crippen MR) is 117 cm³/mol. The number of nitrogens with zero attached hydrogens (tertiary/aromatic N) is 2. The average molecular weight is 426 g/mol. The van der Waals surface area contributed by atoms with Crippen LogP contribution in [0.5, 0.6) is 11.5 Å². The number of halogens is 1. The van der Waals surface area contributed by atoms with E-state index < -0.39 is 0 Å². The van der Waals surface area contributed by atoms with E-state index in [-0.39, 0.29) is 17.1 Å². The maximum Gasteiger partial charge on any atom is 0.271 e. The predicted octanol–water partition coefficient (Wildman–Crippen LogP) is 3.75. The highest BCUT2D eigenvalue weighted by Gasteiger charge is 2.49. The Kier molecular flexibility index (Phi) is 5.96. The van der Waals surface area contributed by atoms with Crippen molar-refractivity contribution in [1.82, 2.24) is 10.3 Å². The van der Waals surface area contributed by atoms with Crippen LogP contribution in [0.3, 0.4) is 0 Å². The standard InChI is InChI=1S/C24H28FN3O3/c1-28-13-12-24(17-6-9-20(30-2)21(14-17)31-3)11-10-19(15-22(24)28)26-27-23(29)16-4-7-18(25)8-5-16/h4-9,14,22H,10-13,15H2,1-3H3,(H,27,29)/b26-19+/t22-,24-/m0/s1. The zero-order valence-electron chi connectivity index (χ0n) is 18.2. The number of ether oxygens (including phenoxy) is 2. The maximum atomic E-state index is 13.1. The fourth-order valence-corrected chi connectivity index (χ4v) is 4.98. The molecule has 1 aliphatic heterocycles. The summed E-state index contributed by atoms with van der Waals surface area (Å²) in [5.74, 6) is 0.774. The molecule has 0 aromatic heterocycles. The Labute approximate surface area is 182 Å². The summed E-state index contributed by atoms with van der Waals surface area (Å²) in [5, 5.41) is 4.41. The molecule has 1 heterocycles. The van der Waals surface area contributed by atoms with Gasteiger partial charge in [-0.15, -0.1) is 0 Å². The van der Waals surface area contributed by atoms with Gasteiger partial charge in [0.05, 0.1) is 14.2 Å². The van der Waals surface area contributed by atoms with Crippen LogP contribution < -0.4 is 14.9 Å². The van der Waals surface area contributed by atoms with E-state index in [1.54, 1.807) is 14.2 Å². The normalized spacial score (nSPS) is 24.6. The number of carbonyl (C=O) groups excluding carboxylic acids is 1. The Morgan fingerprint density at radius 1 is 1.13 bits per heavy atom. The summed E-state index contributed by atoms with van der Waals surface area (Å²) >= 11 is 0. The molecule has 2 aliphatic rings. The Balaban J connectivity index is 1.53. The Bertz CT molecular complexity index is 992. The lowest BCUT2D eigenvalue weighted by molar-refractivity contribution is 0.0954. The van der Waals surface area contributed by atoms with Gasteiger partial charge >= 0.3 is 0 Å². The molecule has 0 spiro atoms. The highest BCUT2D eigenvalue weighted by Crippen LogP contribution is 2.49. The van der Waals surface area contributed by atoms with Crippen LogP contribution in [0.4, 0.5) is 4.39 Å². The molecule has 1 saturated heterocycles. The number of fused-ring (bicyclic) bond motifs is 1. The topological polar surface area (TPSA) is 63.2 Å². The summed E-state index contributed by atoms with van der Waals surface area (Å²) in [6.45, 7) is 1.01. The van der Waals surface area contributed by atoms with Gasteiger partial charge in [0.25, 0.3) is 5.91 Å². The summed E-state index contributed by atoms with van der Waals surface area (Å²) in [4.78, 5) is 14.7. The number of rotatable bonds is 5. The second-order valence-electron chi connectivity index (χ2n) is 8.30. The molecule has 1 saturated carbocycles. The molecule has 7 heteroatoms. The molecule has 0 radical (unpaired) electrons. The van der Waals surface area contributed by atoms with E-state index in [0.717, 1.165) is 49.4 Å². The molecule has 164 valence electrons. The molecule has 2 aromatic rings. The SMILES string of the molecule is COc1ccc([C@@]23CC/C(=N\NC(=O)c4ccc(F)cc4)C[C@@H]2N(C)CC3)cc1OC. The van der Waals surface area contributed by atoms with Crippen molar-refractivity contribution in [3.05, 3.63) is 59.4 Å². The van der Waals surface area contributed by atoms with Crippen LogP contribution in [0.2, 0.25) is 0 Å². The van der Waals surface area contributed by atoms with E-state index in [1.807, 2.05) is 6.07 Å². The van der Waals surface area contributed by atoms with Gasteiger partial charge in [-0.25, -0.2) is 9.82 Å². The number of benzene rings is 2. The van der Waals surface area contributed by atoms with Crippen LogP contribution >= 0.6 is 0 Å². The number of carbonyl (C=O) groups is 1. The highest BCUT2D eigenvalue weighted by atomic mass is 19.1. The lowest BCUT2D eigenvalue weighted by atomic mass is 9.65. The van der Waals surface area contributed by atoms with E-state index in [4.69, 9.17) is 9.47 Å². The minimum absolute atomic E-state index is 0.0221. The monoisotopic (exact) mass is 425 g/mol. The van der Waals surface area contributed by atoms with Crippen molar-refractivity contribution in [2.24, 2.45) is 5.10 Å². The van der Waals surface area contributed by atoms with Gasteiger partial charge in [0, 0.05) is 29.2 Å².